The lowest BCUT2D eigenvalue weighted by Crippen LogP contribution is -2.41. The second-order valence-corrected chi connectivity index (χ2v) is 5.54. The molecule has 0 amide bonds. The zero-order valence-corrected chi connectivity index (χ0v) is 9.43. The Morgan fingerprint density at radius 2 is 2.21 bits per heavy atom. The molecule has 1 heterocycles. The summed E-state index contributed by atoms with van der Waals surface area (Å²) in [6.45, 7) is 3.86. The van der Waals surface area contributed by atoms with Crippen LogP contribution in [0.1, 0.15) is 6.92 Å². The molecule has 0 saturated carbocycles. The van der Waals surface area contributed by atoms with Gasteiger partial charge in [-0.2, -0.15) is 0 Å². The maximum atomic E-state index is 11.5. The molecule has 6 heteroatoms. The Balaban J connectivity index is 2.42. The van der Waals surface area contributed by atoms with E-state index in [-0.39, 0.29) is 18.4 Å². The molecule has 1 aliphatic rings. The monoisotopic (exact) mass is 222 g/mol. The second-order valence-electron chi connectivity index (χ2n) is 3.67. The third-order valence-corrected chi connectivity index (χ3v) is 3.77. The van der Waals surface area contributed by atoms with Crippen molar-refractivity contribution >= 4 is 10.0 Å². The molecule has 0 spiro atoms. The molecule has 2 atom stereocenters. The fourth-order valence-corrected chi connectivity index (χ4v) is 2.73. The molecule has 1 fully saturated rings. The van der Waals surface area contributed by atoms with Crippen LogP contribution in [0.2, 0.25) is 0 Å². The minimum atomic E-state index is -3.18. The molecule has 0 aliphatic carbocycles. The fraction of sp³-hybridized carbons (Fsp3) is 1.00. The molecule has 5 nitrogen and oxygen atoms in total. The van der Waals surface area contributed by atoms with Crippen molar-refractivity contribution in [2.45, 2.75) is 13.0 Å². The van der Waals surface area contributed by atoms with Gasteiger partial charge in [-0.1, -0.05) is 6.92 Å². The molecule has 0 bridgehead atoms. The minimum absolute atomic E-state index is 0.0249. The van der Waals surface area contributed by atoms with E-state index in [0.29, 0.717) is 12.5 Å². The van der Waals surface area contributed by atoms with E-state index in [1.54, 1.807) is 0 Å². The third-order valence-electron chi connectivity index (χ3n) is 2.40. The topological polar surface area (TPSA) is 67.4 Å². The Hall–Kier alpha value is -0.170. The van der Waals surface area contributed by atoms with Gasteiger partial charge in [0.05, 0.1) is 12.4 Å². The molecule has 1 rings (SSSR count). The van der Waals surface area contributed by atoms with E-state index in [2.05, 4.69) is 10.0 Å². The van der Waals surface area contributed by atoms with Gasteiger partial charge in [-0.05, 0) is 12.5 Å². The zero-order valence-electron chi connectivity index (χ0n) is 8.62. The molecule has 1 aliphatic heterocycles. The van der Waals surface area contributed by atoms with Gasteiger partial charge in [0, 0.05) is 19.7 Å². The van der Waals surface area contributed by atoms with Crippen LogP contribution in [0.4, 0.5) is 0 Å². The van der Waals surface area contributed by atoms with Crippen LogP contribution in [-0.4, -0.2) is 47.0 Å². The lowest BCUT2D eigenvalue weighted by molar-refractivity contribution is 0.216. The first kappa shape index (κ1) is 11.9. The molecular formula is C8H18N2O3S. The van der Waals surface area contributed by atoms with Crippen molar-refractivity contribution in [3.63, 3.8) is 0 Å². The van der Waals surface area contributed by atoms with Crippen molar-refractivity contribution in [3.8, 4) is 0 Å². The highest BCUT2D eigenvalue weighted by molar-refractivity contribution is 7.89. The molecule has 0 radical (unpaired) electrons. The maximum Gasteiger partial charge on any atom is 0.214 e. The van der Waals surface area contributed by atoms with Gasteiger partial charge in [-0.25, -0.2) is 13.1 Å². The number of ether oxygens (including phenoxy) is 1. The van der Waals surface area contributed by atoms with Crippen molar-refractivity contribution in [2.24, 2.45) is 5.92 Å². The van der Waals surface area contributed by atoms with Crippen LogP contribution in [0.25, 0.3) is 0 Å². The van der Waals surface area contributed by atoms with Crippen LogP contribution in [0.3, 0.4) is 0 Å². The summed E-state index contributed by atoms with van der Waals surface area (Å²) in [5.41, 5.74) is 0. The zero-order chi connectivity index (χ0) is 10.6. The molecule has 84 valence electrons. The summed E-state index contributed by atoms with van der Waals surface area (Å²) in [5.74, 6) is 0.388. The first-order valence-corrected chi connectivity index (χ1v) is 6.40. The summed E-state index contributed by atoms with van der Waals surface area (Å²) in [7, 11) is -1.68. The van der Waals surface area contributed by atoms with Gasteiger partial charge < -0.3 is 10.1 Å². The Morgan fingerprint density at radius 1 is 1.50 bits per heavy atom. The van der Waals surface area contributed by atoms with Gasteiger partial charge in [0.1, 0.15) is 0 Å². The second kappa shape index (κ2) is 5.06. The predicted molar refractivity (Wildman–Crippen MR) is 54.6 cm³/mol. The van der Waals surface area contributed by atoms with E-state index in [0.717, 1.165) is 6.54 Å². The van der Waals surface area contributed by atoms with Crippen LogP contribution < -0.4 is 10.0 Å². The summed E-state index contributed by atoms with van der Waals surface area (Å²) in [5, 5.41) is 3.14. The summed E-state index contributed by atoms with van der Waals surface area (Å²) < 4.78 is 30.3. The van der Waals surface area contributed by atoms with E-state index in [1.807, 2.05) is 6.92 Å². The fourth-order valence-electron chi connectivity index (χ4n) is 1.45. The van der Waals surface area contributed by atoms with Gasteiger partial charge >= 0.3 is 0 Å². The molecule has 0 aromatic rings. The minimum Gasteiger partial charge on any atom is -0.384 e. The van der Waals surface area contributed by atoms with Crippen molar-refractivity contribution in [1.29, 1.82) is 0 Å². The smallest absolute Gasteiger partial charge is 0.214 e. The number of hydrogen-bond donors (Lipinski definition) is 2. The highest BCUT2D eigenvalue weighted by Gasteiger charge is 2.26. The predicted octanol–water partition coefficient (Wildman–Crippen LogP) is -0.840. The maximum absolute atomic E-state index is 11.5. The number of sulfonamides is 1. The van der Waals surface area contributed by atoms with Crippen LogP contribution >= 0.6 is 0 Å². The van der Waals surface area contributed by atoms with E-state index in [1.165, 1.54) is 7.11 Å². The lowest BCUT2D eigenvalue weighted by Gasteiger charge is -2.15. The normalized spacial score (nSPS) is 28.1. The van der Waals surface area contributed by atoms with E-state index in [4.69, 9.17) is 4.74 Å². The standard InChI is InChI=1S/C8H18N2O3S/c1-7-5-9-6-8(7)10-14(11,12)4-3-13-2/h7-10H,3-6H2,1-2H3. The Kier molecular flexibility index (Phi) is 4.31. The average molecular weight is 222 g/mol. The summed E-state index contributed by atoms with van der Waals surface area (Å²) in [6.07, 6.45) is 0. The van der Waals surface area contributed by atoms with Crippen molar-refractivity contribution < 1.29 is 13.2 Å². The molecule has 2 N–H and O–H groups in total. The first-order chi connectivity index (χ1) is 6.55. The summed E-state index contributed by atoms with van der Waals surface area (Å²) >= 11 is 0. The van der Waals surface area contributed by atoms with E-state index in [9.17, 15) is 8.42 Å². The highest BCUT2D eigenvalue weighted by Crippen LogP contribution is 2.08. The number of methoxy groups -OCH3 is 1. The summed E-state index contributed by atoms with van der Waals surface area (Å²) in [6, 6.07) is 0.0249. The van der Waals surface area contributed by atoms with Gasteiger partial charge in [0.25, 0.3) is 0 Å². The van der Waals surface area contributed by atoms with Crippen LogP contribution in [0.5, 0.6) is 0 Å². The third kappa shape index (κ3) is 3.53. The lowest BCUT2D eigenvalue weighted by atomic mass is 10.1. The average Bonchev–Trinajstić information content (AvgIpc) is 2.48. The molecular weight excluding hydrogens is 204 g/mol. The van der Waals surface area contributed by atoms with Crippen LogP contribution in [0.15, 0.2) is 0 Å². The van der Waals surface area contributed by atoms with Crippen LogP contribution in [-0.2, 0) is 14.8 Å². The molecule has 0 aromatic heterocycles. The SMILES string of the molecule is COCCS(=O)(=O)NC1CNCC1C. The van der Waals surface area contributed by atoms with Crippen molar-refractivity contribution in [2.75, 3.05) is 32.6 Å². The largest absolute Gasteiger partial charge is 0.384 e. The van der Waals surface area contributed by atoms with Crippen molar-refractivity contribution in [1.82, 2.24) is 10.0 Å². The van der Waals surface area contributed by atoms with E-state index < -0.39 is 10.0 Å². The number of hydrogen-bond acceptors (Lipinski definition) is 4. The Bertz CT molecular complexity index is 266. The number of nitrogens with one attached hydrogen (secondary N) is 2. The molecule has 14 heavy (non-hydrogen) atoms. The molecule has 0 aromatic carbocycles. The van der Waals surface area contributed by atoms with Gasteiger partial charge in [0.2, 0.25) is 10.0 Å². The van der Waals surface area contributed by atoms with Crippen LogP contribution in [0, 0.1) is 5.92 Å². The molecule has 1 saturated heterocycles. The van der Waals surface area contributed by atoms with Gasteiger partial charge in [0.15, 0.2) is 0 Å². The quantitative estimate of drug-likeness (QED) is 0.636. The van der Waals surface area contributed by atoms with Crippen molar-refractivity contribution in [3.05, 3.63) is 0 Å². The van der Waals surface area contributed by atoms with Gasteiger partial charge in [-0.15, -0.1) is 0 Å². The Labute approximate surface area is 85.3 Å². The first-order valence-electron chi connectivity index (χ1n) is 4.75. The molecule has 2 unspecified atom stereocenters. The van der Waals surface area contributed by atoms with E-state index >= 15 is 0 Å². The number of rotatable bonds is 5. The highest BCUT2D eigenvalue weighted by atomic mass is 32.2. The summed E-state index contributed by atoms with van der Waals surface area (Å²) in [4.78, 5) is 0. The van der Waals surface area contributed by atoms with Gasteiger partial charge in [-0.3, -0.25) is 0 Å². The Morgan fingerprint density at radius 3 is 2.71 bits per heavy atom.